The summed E-state index contributed by atoms with van der Waals surface area (Å²) in [5.74, 6) is 0.697. The van der Waals surface area contributed by atoms with E-state index in [-0.39, 0.29) is 0 Å². The van der Waals surface area contributed by atoms with Gasteiger partial charge in [-0.15, -0.1) is 0 Å². The Hall–Kier alpha value is -1.57. The van der Waals surface area contributed by atoms with Crippen LogP contribution in [-0.4, -0.2) is 9.55 Å². The minimum Gasteiger partial charge on any atom is -0.334 e. The lowest BCUT2D eigenvalue weighted by Gasteiger charge is -2.29. The summed E-state index contributed by atoms with van der Waals surface area (Å²) in [4.78, 5) is 4.39. The maximum absolute atomic E-state index is 4.39. The van der Waals surface area contributed by atoms with E-state index in [0.29, 0.717) is 12.0 Å². The number of hydrogen-bond donors (Lipinski definition) is 0. The Morgan fingerprint density at radius 1 is 0.733 bits per heavy atom. The van der Waals surface area contributed by atoms with E-state index in [1.54, 1.807) is 0 Å². The van der Waals surface area contributed by atoms with E-state index in [1.165, 1.54) is 102 Å². The Balaban J connectivity index is 1.92. The second-order valence-corrected chi connectivity index (χ2v) is 9.14. The first-order chi connectivity index (χ1) is 14.8. The Bertz CT molecular complexity index is 605. The summed E-state index contributed by atoms with van der Waals surface area (Å²) >= 11 is 0. The van der Waals surface area contributed by atoms with Gasteiger partial charge < -0.3 is 4.57 Å². The first-order valence-corrected chi connectivity index (χ1v) is 12.9. The van der Waals surface area contributed by atoms with E-state index < -0.39 is 0 Å². The molecule has 1 heterocycles. The van der Waals surface area contributed by atoms with Crippen molar-refractivity contribution >= 4 is 0 Å². The molecule has 0 saturated heterocycles. The van der Waals surface area contributed by atoms with Crippen LogP contribution in [0.3, 0.4) is 0 Å². The molecule has 30 heavy (non-hydrogen) atoms. The highest BCUT2D eigenvalue weighted by Crippen LogP contribution is 2.32. The van der Waals surface area contributed by atoms with Gasteiger partial charge in [0.1, 0.15) is 0 Å². The maximum atomic E-state index is 4.39. The molecule has 1 aromatic carbocycles. The topological polar surface area (TPSA) is 17.8 Å². The second-order valence-electron chi connectivity index (χ2n) is 9.14. The molecule has 0 radical (unpaired) electrons. The van der Waals surface area contributed by atoms with Crippen molar-refractivity contribution in [2.45, 2.75) is 116 Å². The summed E-state index contributed by atoms with van der Waals surface area (Å²) in [5.41, 5.74) is 1.49. The predicted molar refractivity (Wildman–Crippen MR) is 131 cm³/mol. The number of benzene rings is 1. The number of aromatic nitrogens is 2. The number of rotatable bonds is 18. The zero-order valence-electron chi connectivity index (χ0n) is 19.8. The van der Waals surface area contributed by atoms with Gasteiger partial charge in [0.15, 0.2) is 0 Å². The fourth-order valence-corrected chi connectivity index (χ4v) is 4.76. The van der Waals surface area contributed by atoms with Gasteiger partial charge in [-0.3, -0.25) is 0 Å². The zero-order chi connectivity index (χ0) is 21.3. The fourth-order valence-electron chi connectivity index (χ4n) is 4.76. The van der Waals surface area contributed by atoms with E-state index in [2.05, 4.69) is 66.3 Å². The van der Waals surface area contributed by atoms with Crippen molar-refractivity contribution in [2.75, 3.05) is 0 Å². The van der Waals surface area contributed by atoms with Crippen LogP contribution < -0.4 is 0 Å². The van der Waals surface area contributed by atoms with Crippen molar-refractivity contribution in [3.63, 3.8) is 0 Å². The van der Waals surface area contributed by atoms with Gasteiger partial charge in [-0.1, -0.05) is 121 Å². The van der Waals surface area contributed by atoms with Crippen molar-refractivity contribution in [1.29, 1.82) is 0 Å². The normalized spacial score (nSPS) is 13.4. The van der Waals surface area contributed by atoms with E-state index in [9.17, 15) is 0 Å². The molecule has 2 nitrogen and oxygen atoms in total. The van der Waals surface area contributed by atoms with Crippen molar-refractivity contribution in [2.24, 2.45) is 5.92 Å². The van der Waals surface area contributed by atoms with Gasteiger partial charge in [-0.2, -0.15) is 0 Å². The molecule has 0 amide bonds. The molecular weight excluding hydrogens is 364 g/mol. The zero-order valence-corrected chi connectivity index (χ0v) is 19.8. The molecule has 0 bridgehead atoms. The lowest BCUT2D eigenvalue weighted by atomic mass is 9.84. The lowest BCUT2D eigenvalue weighted by Crippen LogP contribution is -2.21. The second kappa shape index (κ2) is 16.2. The third-order valence-electron chi connectivity index (χ3n) is 6.57. The summed E-state index contributed by atoms with van der Waals surface area (Å²) in [6, 6.07) is 11.7. The lowest BCUT2D eigenvalue weighted by molar-refractivity contribution is 0.275. The van der Waals surface area contributed by atoms with E-state index in [1.807, 2.05) is 6.20 Å². The number of hydrogen-bond acceptors (Lipinski definition) is 1. The molecule has 0 aliphatic rings. The van der Waals surface area contributed by atoms with Crippen molar-refractivity contribution in [1.82, 2.24) is 9.55 Å². The minimum absolute atomic E-state index is 0.578. The van der Waals surface area contributed by atoms with Crippen molar-refractivity contribution < 1.29 is 0 Å². The Kier molecular flexibility index (Phi) is 13.3. The molecule has 1 aromatic heterocycles. The maximum Gasteiger partial charge on any atom is 0.0948 e. The molecule has 2 atom stereocenters. The summed E-state index contributed by atoms with van der Waals surface area (Å²) < 4.78 is 2.41. The van der Waals surface area contributed by atoms with Gasteiger partial charge in [0.2, 0.25) is 0 Å². The average molecular weight is 411 g/mol. The molecule has 2 aromatic rings. The quantitative estimate of drug-likeness (QED) is 0.224. The van der Waals surface area contributed by atoms with Crippen LogP contribution in [-0.2, 0) is 6.42 Å². The SMILES string of the molecule is CCCCCCCCCCC(C(CCCCCC)Cc1ccccc1)n1ccnc1. The van der Waals surface area contributed by atoms with Gasteiger partial charge in [0.05, 0.1) is 6.33 Å². The number of imidazole rings is 1. The van der Waals surface area contributed by atoms with Crippen LogP contribution in [0.2, 0.25) is 0 Å². The molecule has 0 fully saturated rings. The van der Waals surface area contributed by atoms with Crippen LogP contribution in [0.15, 0.2) is 49.1 Å². The third-order valence-corrected chi connectivity index (χ3v) is 6.57. The van der Waals surface area contributed by atoms with E-state index >= 15 is 0 Å². The van der Waals surface area contributed by atoms with Crippen LogP contribution in [0.1, 0.15) is 115 Å². The van der Waals surface area contributed by atoms with Gasteiger partial charge in [-0.05, 0) is 30.7 Å². The van der Waals surface area contributed by atoms with Crippen LogP contribution in [0, 0.1) is 5.92 Å². The molecule has 0 saturated carbocycles. The molecule has 0 N–H and O–H groups in total. The van der Waals surface area contributed by atoms with E-state index in [4.69, 9.17) is 0 Å². The number of unbranched alkanes of at least 4 members (excludes halogenated alkanes) is 10. The highest BCUT2D eigenvalue weighted by Gasteiger charge is 2.22. The standard InChI is InChI=1S/C28H46N2/c1-3-5-7-9-10-11-12-17-21-28(30-23-22-29-25-30)27(20-16-8-6-4-2)24-26-18-14-13-15-19-26/h13-15,18-19,22-23,25,27-28H,3-12,16-17,20-21,24H2,1-2H3. The Morgan fingerprint density at radius 3 is 1.97 bits per heavy atom. The van der Waals surface area contributed by atoms with Gasteiger partial charge in [-0.25, -0.2) is 4.98 Å². The smallest absolute Gasteiger partial charge is 0.0948 e. The molecule has 2 heteroatoms. The molecular formula is C28H46N2. The molecule has 2 rings (SSSR count). The first kappa shape index (κ1) is 24.7. The van der Waals surface area contributed by atoms with Crippen LogP contribution >= 0.6 is 0 Å². The largest absolute Gasteiger partial charge is 0.334 e. The fraction of sp³-hybridized carbons (Fsp3) is 0.679. The molecule has 0 aliphatic heterocycles. The van der Waals surface area contributed by atoms with E-state index in [0.717, 1.165) is 0 Å². The molecule has 168 valence electrons. The third kappa shape index (κ3) is 9.96. The highest BCUT2D eigenvalue weighted by atomic mass is 15.1. The van der Waals surface area contributed by atoms with Gasteiger partial charge >= 0.3 is 0 Å². The monoisotopic (exact) mass is 410 g/mol. The number of nitrogens with zero attached hydrogens (tertiary/aromatic N) is 2. The molecule has 0 spiro atoms. The Labute approximate surface area is 186 Å². The first-order valence-electron chi connectivity index (χ1n) is 12.9. The summed E-state index contributed by atoms with van der Waals surface area (Å²) in [7, 11) is 0. The van der Waals surface area contributed by atoms with Crippen LogP contribution in [0.25, 0.3) is 0 Å². The summed E-state index contributed by atoms with van der Waals surface area (Å²) in [6.45, 7) is 4.60. The Morgan fingerprint density at radius 2 is 1.33 bits per heavy atom. The van der Waals surface area contributed by atoms with Gasteiger partial charge in [0.25, 0.3) is 0 Å². The van der Waals surface area contributed by atoms with Crippen molar-refractivity contribution in [3.8, 4) is 0 Å². The van der Waals surface area contributed by atoms with Gasteiger partial charge in [0, 0.05) is 18.4 Å². The average Bonchev–Trinajstić information content (AvgIpc) is 3.30. The minimum atomic E-state index is 0.578. The molecule has 0 aliphatic carbocycles. The summed E-state index contributed by atoms with van der Waals surface area (Å²) in [5, 5.41) is 0. The predicted octanol–water partition coefficient (Wildman–Crippen LogP) is 8.78. The molecule has 2 unspecified atom stereocenters. The highest BCUT2D eigenvalue weighted by molar-refractivity contribution is 5.15. The summed E-state index contributed by atoms with van der Waals surface area (Å²) in [6.07, 6.45) is 26.5. The van der Waals surface area contributed by atoms with Crippen LogP contribution in [0.5, 0.6) is 0 Å². The van der Waals surface area contributed by atoms with Crippen LogP contribution in [0.4, 0.5) is 0 Å². The van der Waals surface area contributed by atoms with Crippen molar-refractivity contribution in [3.05, 3.63) is 54.6 Å².